The van der Waals surface area contributed by atoms with Crippen LogP contribution in [0.2, 0.25) is 0 Å². The van der Waals surface area contributed by atoms with Crippen molar-refractivity contribution in [2.75, 3.05) is 31.1 Å². The summed E-state index contributed by atoms with van der Waals surface area (Å²) in [6.45, 7) is 3.38. The molecule has 140 valence electrons. The number of aromatic nitrogens is 2. The van der Waals surface area contributed by atoms with Gasteiger partial charge in [0.1, 0.15) is 0 Å². The fourth-order valence-corrected chi connectivity index (χ4v) is 3.87. The van der Waals surface area contributed by atoms with Gasteiger partial charge in [-0.15, -0.1) is 0 Å². The summed E-state index contributed by atoms with van der Waals surface area (Å²) in [5, 5.41) is 7.87. The third-order valence-electron chi connectivity index (χ3n) is 5.46. The topological polar surface area (TPSA) is 59.4 Å². The molecule has 0 aromatic carbocycles. The van der Waals surface area contributed by atoms with Gasteiger partial charge in [0.25, 0.3) is 5.56 Å². The van der Waals surface area contributed by atoms with Crippen LogP contribution in [-0.4, -0.2) is 48.2 Å². The average Bonchev–Trinajstić information content (AvgIpc) is 2.59. The lowest BCUT2D eigenvalue weighted by Gasteiger charge is -2.34. The van der Waals surface area contributed by atoms with Gasteiger partial charge in [-0.05, 0) is 25.8 Å². The summed E-state index contributed by atoms with van der Waals surface area (Å²) in [6, 6.07) is 2.35. The minimum absolute atomic E-state index is 0.0634. The van der Waals surface area contributed by atoms with E-state index in [1.54, 1.807) is 19.3 Å². The summed E-state index contributed by atoms with van der Waals surface area (Å²) in [4.78, 5) is 14.0. The Hall–Kier alpha value is -1.40. The molecule has 1 atom stereocenters. The summed E-state index contributed by atoms with van der Waals surface area (Å²) in [6.07, 6.45) is 12.6. The standard InChI is InChI=1S/C19H32N4O2/c1-22-19(24)13-17(14-21-22)23-11-12-25-18(15-23)9-10-20-16-7-5-3-2-4-6-8-16/h13-14,16,18,20H,2-12,15H2,1H3. The molecular weight excluding hydrogens is 316 g/mol. The maximum Gasteiger partial charge on any atom is 0.268 e. The third kappa shape index (κ3) is 5.54. The number of hydrogen-bond donors (Lipinski definition) is 1. The van der Waals surface area contributed by atoms with Crippen LogP contribution < -0.4 is 15.8 Å². The van der Waals surface area contributed by atoms with Gasteiger partial charge in [-0.3, -0.25) is 4.79 Å². The number of nitrogens with zero attached hydrogens (tertiary/aromatic N) is 3. The van der Waals surface area contributed by atoms with Gasteiger partial charge in [0.2, 0.25) is 0 Å². The van der Waals surface area contributed by atoms with Gasteiger partial charge in [-0.25, -0.2) is 4.68 Å². The van der Waals surface area contributed by atoms with Gasteiger partial charge in [0.05, 0.1) is 24.6 Å². The Morgan fingerprint density at radius 3 is 2.76 bits per heavy atom. The van der Waals surface area contributed by atoms with Crippen LogP contribution >= 0.6 is 0 Å². The zero-order valence-corrected chi connectivity index (χ0v) is 15.5. The number of ether oxygens (including phenoxy) is 1. The average molecular weight is 348 g/mol. The molecule has 0 bridgehead atoms. The summed E-state index contributed by atoms with van der Waals surface area (Å²) in [5.74, 6) is 0. The zero-order valence-electron chi connectivity index (χ0n) is 15.5. The molecule has 1 N–H and O–H groups in total. The molecule has 6 nitrogen and oxygen atoms in total. The van der Waals surface area contributed by atoms with Crippen LogP contribution in [0.15, 0.2) is 17.1 Å². The predicted octanol–water partition coefficient (Wildman–Crippen LogP) is 2.08. The molecule has 2 aliphatic rings. The summed E-state index contributed by atoms with van der Waals surface area (Å²) in [7, 11) is 1.68. The lowest BCUT2D eigenvalue weighted by atomic mass is 9.96. The fourth-order valence-electron chi connectivity index (χ4n) is 3.87. The lowest BCUT2D eigenvalue weighted by molar-refractivity contribution is 0.0348. The van der Waals surface area contributed by atoms with Crippen molar-refractivity contribution in [1.29, 1.82) is 0 Å². The van der Waals surface area contributed by atoms with E-state index in [0.717, 1.165) is 31.7 Å². The molecule has 0 radical (unpaired) electrons. The molecule has 1 aliphatic carbocycles. The van der Waals surface area contributed by atoms with Crippen LogP contribution in [0.1, 0.15) is 51.4 Å². The second-order valence-corrected chi connectivity index (χ2v) is 7.40. The van der Waals surface area contributed by atoms with Crippen molar-refractivity contribution >= 4 is 5.69 Å². The normalized spacial score (nSPS) is 23.2. The number of morpholine rings is 1. The largest absolute Gasteiger partial charge is 0.374 e. The highest BCUT2D eigenvalue weighted by Crippen LogP contribution is 2.18. The van der Waals surface area contributed by atoms with Gasteiger partial charge in [-0.1, -0.05) is 32.1 Å². The highest BCUT2D eigenvalue weighted by atomic mass is 16.5. The molecule has 1 aromatic rings. The lowest BCUT2D eigenvalue weighted by Crippen LogP contribution is -2.44. The Bertz CT molecular complexity index is 581. The molecule has 1 aromatic heterocycles. The van der Waals surface area contributed by atoms with Crippen LogP contribution in [0.4, 0.5) is 5.69 Å². The third-order valence-corrected chi connectivity index (χ3v) is 5.46. The van der Waals surface area contributed by atoms with Crippen molar-refractivity contribution in [2.24, 2.45) is 7.05 Å². The van der Waals surface area contributed by atoms with E-state index in [1.807, 2.05) is 0 Å². The number of anilines is 1. The van der Waals surface area contributed by atoms with Gasteiger partial charge in [-0.2, -0.15) is 5.10 Å². The van der Waals surface area contributed by atoms with Crippen molar-refractivity contribution < 1.29 is 4.74 Å². The van der Waals surface area contributed by atoms with E-state index in [-0.39, 0.29) is 11.7 Å². The Morgan fingerprint density at radius 2 is 2.00 bits per heavy atom. The van der Waals surface area contributed by atoms with Gasteiger partial charge in [0.15, 0.2) is 0 Å². The Balaban J connectivity index is 1.45. The van der Waals surface area contributed by atoms with E-state index in [1.165, 1.54) is 49.6 Å². The van der Waals surface area contributed by atoms with Gasteiger partial charge >= 0.3 is 0 Å². The molecule has 3 rings (SSSR count). The molecule has 1 unspecified atom stereocenters. The molecular formula is C19H32N4O2. The van der Waals surface area contributed by atoms with E-state index in [4.69, 9.17) is 4.74 Å². The molecule has 0 spiro atoms. The first-order valence-corrected chi connectivity index (χ1v) is 9.85. The van der Waals surface area contributed by atoms with Crippen LogP contribution in [0.3, 0.4) is 0 Å². The van der Waals surface area contributed by atoms with E-state index < -0.39 is 0 Å². The van der Waals surface area contributed by atoms with Crippen molar-refractivity contribution in [1.82, 2.24) is 15.1 Å². The van der Waals surface area contributed by atoms with Crippen LogP contribution in [-0.2, 0) is 11.8 Å². The molecule has 1 saturated carbocycles. The van der Waals surface area contributed by atoms with Crippen molar-refractivity contribution in [2.45, 2.75) is 63.5 Å². The predicted molar refractivity (Wildman–Crippen MR) is 100 cm³/mol. The molecule has 2 heterocycles. The molecule has 1 aliphatic heterocycles. The molecule has 25 heavy (non-hydrogen) atoms. The summed E-state index contributed by atoms with van der Waals surface area (Å²) < 4.78 is 7.29. The highest BCUT2D eigenvalue weighted by molar-refractivity contribution is 5.43. The first kappa shape index (κ1) is 18.4. The number of hydrogen-bond acceptors (Lipinski definition) is 5. The molecule has 0 amide bonds. The van der Waals surface area contributed by atoms with Crippen molar-refractivity contribution in [3.8, 4) is 0 Å². The van der Waals surface area contributed by atoms with Gasteiger partial charge < -0.3 is 15.0 Å². The number of rotatable bonds is 5. The monoisotopic (exact) mass is 348 g/mol. The molecule has 2 fully saturated rings. The quantitative estimate of drug-likeness (QED) is 0.883. The highest BCUT2D eigenvalue weighted by Gasteiger charge is 2.21. The van der Waals surface area contributed by atoms with E-state index in [9.17, 15) is 4.79 Å². The Labute approximate surface area is 150 Å². The van der Waals surface area contributed by atoms with E-state index >= 15 is 0 Å². The second kappa shape index (κ2) is 9.34. The van der Waals surface area contributed by atoms with Crippen LogP contribution in [0, 0.1) is 0 Å². The smallest absolute Gasteiger partial charge is 0.268 e. The van der Waals surface area contributed by atoms with Crippen LogP contribution in [0.25, 0.3) is 0 Å². The minimum atomic E-state index is -0.0634. The number of nitrogens with one attached hydrogen (secondary N) is 1. The minimum Gasteiger partial charge on any atom is -0.374 e. The first-order chi connectivity index (χ1) is 12.2. The second-order valence-electron chi connectivity index (χ2n) is 7.40. The maximum absolute atomic E-state index is 11.8. The van der Waals surface area contributed by atoms with E-state index in [2.05, 4.69) is 15.3 Å². The summed E-state index contributed by atoms with van der Waals surface area (Å²) >= 11 is 0. The molecule has 6 heteroatoms. The van der Waals surface area contributed by atoms with Crippen LogP contribution in [0.5, 0.6) is 0 Å². The van der Waals surface area contributed by atoms with Crippen molar-refractivity contribution in [3.63, 3.8) is 0 Å². The summed E-state index contributed by atoms with van der Waals surface area (Å²) in [5.41, 5.74) is 0.843. The van der Waals surface area contributed by atoms with Gasteiger partial charge in [0, 0.05) is 32.2 Å². The first-order valence-electron chi connectivity index (χ1n) is 9.85. The Morgan fingerprint density at radius 1 is 1.24 bits per heavy atom. The SMILES string of the molecule is Cn1ncc(N2CCOC(CCNC3CCCCCCC3)C2)cc1=O. The zero-order chi connectivity index (χ0) is 17.5. The maximum atomic E-state index is 11.8. The Kier molecular flexibility index (Phi) is 6.87. The fraction of sp³-hybridized carbons (Fsp3) is 0.789. The molecule has 1 saturated heterocycles. The van der Waals surface area contributed by atoms with E-state index in [0.29, 0.717) is 12.6 Å². The number of aryl methyl sites for hydroxylation is 1. The van der Waals surface area contributed by atoms with Crippen molar-refractivity contribution in [3.05, 3.63) is 22.6 Å².